The van der Waals surface area contributed by atoms with E-state index in [2.05, 4.69) is 53.8 Å². The Balaban J connectivity index is 1.54. The Bertz CT molecular complexity index is 918. The Kier molecular flexibility index (Phi) is 5.65. The van der Waals surface area contributed by atoms with Crippen LogP contribution in [-0.4, -0.2) is 51.5 Å². The first kappa shape index (κ1) is 19.3. The summed E-state index contributed by atoms with van der Waals surface area (Å²) in [6.07, 6.45) is 8.00. The van der Waals surface area contributed by atoms with Crippen molar-refractivity contribution in [3.63, 3.8) is 0 Å². The van der Waals surface area contributed by atoms with Gasteiger partial charge in [-0.3, -0.25) is 9.88 Å². The Morgan fingerprint density at radius 2 is 2.11 bits per heavy atom. The fourth-order valence-corrected chi connectivity index (χ4v) is 4.96. The van der Waals surface area contributed by atoms with E-state index >= 15 is 0 Å². The van der Waals surface area contributed by atoms with E-state index in [-0.39, 0.29) is 0 Å². The highest BCUT2D eigenvalue weighted by Gasteiger charge is 2.26. The average molecular weight is 380 g/mol. The first-order valence-corrected chi connectivity index (χ1v) is 10.6. The van der Waals surface area contributed by atoms with Crippen LogP contribution in [-0.2, 0) is 19.5 Å². The quantitative estimate of drug-likeness (QED) is 0.796. The molecule has 0 spiro atoms. The predicted octanol–water partition coefficient (Wildman–Crippen LogP) is 1.95. The Hall–Kier alpha value is -1.98. The van der Waals surface area contributed by atoms with Gasteiger partial charge in [0.15, 0.2) is 0 Å². The lowest BCUT2D eigenvalue weighted by Crippen LogP contribution is -2.37. The maximum Gasteiger partial charge on any atom is 0.124 e. The fraction of sp³-hybridized carbons (Fsp3) is 0.565. The van der Waals surface area contributed by atoms with Gasteiger partial charge in [-0.2, -0.15) is 0 Å². The van der Waals surface area contributed by atoms with Crippen molar-refractivity contribution >= 4 is 13.2 Å². The van der Waals surface area contributed by atoms with Crippen molar-refractivity contribution in [2.75, 3.05) is 27.2 Å². The Morgan fingerprint density at radius 3 is 2.93 bits per heavy atom. The molecule has 28 heavy (non-hydrogen) atoms. The van der Waals surface area contributed by atoms with Crippen molar-refractivity contribution in [1.82, 2.24) is 24.3 Å². The van der Waals surface area contributed by atoms with Gasteiger partial charge >= 0.3 is 0 Å². The van der Waals surface area contributed by atoms with Gasteiger partial charge in [0.25, 0.3) is 0 Å². The van der Waals surface area contributed by atoms with Gasteiger partial charge in [-0.1, -0.05) is 19.2 Å². The van der Waals surface area contributed by atoms with Crippen LogP contribution in [0, 0.1) is 5.92 Å². The molecule has 4 rings (SSSR count). The summed E-state index contributed by atoms with van der Waals surface area (Å²) in [6, 6.07) is 4.64. The molecule has 2 aliphatic rings. The first-order valence-electron chi connectivity index (χ1n) is 10.6. The molecule has 0 amide bonds. The molecule has 2 atom stereocenters. The van der Waals surface area contributed by atoms with E-state index in [0.29, 0.717) is 12.0 Å². The number of fused-ring (bicyclic) bond motifs is 1. The normalized spacial score (nSPS) is 23.1. The van der Waals surface area contributed by atoms with Crippen molar-refractivity contribution in [2.45, 2.75) is 51.2 Å². The minimum absolute atomic E-state index is 0.359. The van der Waals surface area contributed by atoms with Crippen LogP contribution in [0.3, 0.4) is 0 Å². The largest absolute Gasteiger partial charge is 0.327 e. The SMILES string of the molecule is C=c1nc(CN(C)C2CCCc3cccnc32)n(CC2CCCN(C)C2)c1=C. The number of pyridine rings is 1. The second kappa shape index (κ2) is 8.18. The van der Waals surface area contributed by atoms with Crippen molar-refractivity contribution in [3.05, 3.63) is 46.1 Å². The molecule has 150 valence electrons. The molecule has 0 saturated carbocycles. The zero-order chi connectivity index (χ0) is 19.7. The van der Waals surface area contributed by atoms with Crippen LogP contribution in [0.4, 0.5) is 0 Å². The first-order chi connectivity index (χ1) is 13.5. The molecule has 0 radical (unpaired) electrons. The van der Waals surface area contributed by atoms with Gasteiger partial charge in [0.05, 0.1) is 29.0 Å². The Labute approximate surface area is 168 Å². The molecule has 1 aliphatic heterocycles. The van der Waals surface area contributed by atoms with Crippen LogP contribution >= 0.6 is 0 Å². The number of piperidine rings is 1. The van der Waals surface area contributed by atoms with E-state index in [4.69, 9.17) is 9.97 Å². The predicted molar refractivity (Wildman–Crippen MR) is 114 cm³/mol. The number of imidazole rings is 1. The number of likely N-dealkylation sites (tertiary alicyclic amines) is 1. The van der Waals surface area contributed by atoms with Crippen molar-refractivity contribution < 1.29 is 0 Å². The number of hydrogen-bond acceptors (Lipinski definition) is 4. The van der Waals surface area contributed by atoms with Gasteiger partial charge in [0.1, 0.15) is 5.82 Å². The lowest BCUT2D eigenvalue weighted by atomic mass is 9.91. The zero-order valence-corrected chi connectivity index (χ0v) is 17.4. The molecule has 0 aromatic carbocycles. The summed E-state index contributed by atoms with van der Waals surface area (Å²) < 4.78 is 2.32. The van der Waals surface area contributed by atoms with Crippen LogP contribution in [0.1, 0.15) is 48.8 Å². The summed E-state index contributed by atoms with van der Waals surface area (Å²) >= 11 is 0. The molecule has 1 aliphatic carbocycles. The summed E-state index contributed by atoms with van der Waals surface area (Å²) in [7, 11) is 4.42. The lowest BCUT2D eigenvalue weighted by Gasteiger charge is -2.33. The summed E-state index contributed by atoms with van der Waals surface area (Å²) in [5, 5.41) is 1.79. The van der Waals surface area contributed by atoms with Gasteiger partial charge in [0.2, 0.25) is 0 Å². The van der Waals surface area contributed by atoms with E-state index < -0.39 is 0 Å². The molecule has 3 heterocycles. The number of rotatable bonds is 5. The smallest absolute Gasteiger partial charge is 0.124 e. The monoisotopic (exact) mass is 379 g/mol. The highest BCUT2D eigenvalue weighted by molar-refractivity contribution is 5.25. The number of nitrogens with zero attached hydrogens (tertiary/aromatic N) is 5. The van der Waals surface area contributed by atoms with E-state index in [9.17, 15) is 0 Å². The third-order valence-corrected chi connectivity index (χ3v) is 6.49. The summed E-state index contributed by atoms with van der Waals surface area (Å²) in [6.45, 7) is 12.6. The molecule has 0 N–H and O–H groups in total. The molecule has 2 unspecified atom stereocenters. The van der Waals surface area contributed by atoms with E-state index in [1.165, 1.54) is 37.1 Å². The molecule has 5 heteroatoms. The van der Waals surface area contributed by atoms with Crippen molar-refractivity contribution in [1.29, 1.82) is 0 Å². The topological polar surface area (TPSA) is 37.2 Å². The molecule has 0 bridgehead atoms. The molecule has 1 fully saturated rings. The molecule has 5 nitrogen and oxygen atoms in total. The minimum atomic E-state index is 0.359. The molecule has 1 saturated heterocycles. The molecular weight excluding hydrogens is 346 g/mol. The third kappa shape index (κ3) is 3.91. The summed E-state index contributed by atoms with van der Waals surface area (Å²) in [5.41, 5.74) is 2.64. The lowest BCUT2D eigenvalue weighted by molar-refractivity contribution is 0.182. The highest BCUT2D eigenvalue weighted by atomic mass is 15.2. The third-order valence-electron chi connectivity index (χ3n) is 6.49. The molecule has 2 aromatic rings. The number of aromatic nitrogens is 3. The van der Waals surface area contributed by atoms with Crippen LogP contribution in [0.15, 0.2) is 18.3 Å². The maximum atomic E-state index is 4.80. The fourth-order valence-electron chi connectivity index (χ4n) is 4.96. The zero-order valence-electron chi connectivity index (χ0n) is 17.4. The molecular formula is C23H33N5. The van der Waals surface area contributed by atoms with Gasteiger partial charge in [-0.05, 0) is 70.3 Å². The Morgan fingerprint density at radius 1 is 1.25 bits per heavy atom. The average Bonchev–Trinajstić information content (AvgIpc) is 2.95. The summed E-state index contributed by atoms with van der Waals surface area (Å²) in [5.74, 6) is 1.75. The molecule has 2 aromatic heterocycles. The van der Waals surface area contributed by atoms with E-state index in [0.717, 1.165) is 49.0 Å². The van der Waals surface area contributed by atoms with Gasteiger partial charge < -0.3 is 9.47 Å². The standard InChI is InChI=1S/C23H33N5/c1-17-18(2)28(15-19-8-7-13-26(3)14-19)22(25-17)16-27(4)21-11-5-9-20-10-6-12-24-23(20)21/h6,10,12,19,21H,1-2,5,7-9,11,13-16H2,3-4H3. The van der Waals surface area contributed by atoms with Crippen molar-refractivity contribution in [3.8, 4) is 0 Å². The second-order valence-electron chi connectivity index (χ2n) is 8.67. The second-order valence-corrected chi connectivity index (χ2v) is 8.67. The summed E-state index contributed by atoms with van der Waals surface area (Å²) in [4.78, 5) is 14.4. The number of hydrogen-bond donors (Lipinski definition) is 0. The van der Waals surface area contributed by atoms with E-state index in [1.807, 2.05) is 6.20 Å². The highest BCUT2D eigenvalue weighted by Crippen LogP contribution is 2.32. The maximum absolute atomic E-state index is 4.80. The van der Waals surface area contributed by atoms with Crippen LogP contribution in [0.5, 0.6) is 0 Å². The van der Waals surface area contributed by atoms with Crippen LogP contribution in [0.25, 0.3) is 13.2 Å². The number of aryl methyl sites for hydroxylation is 1. The van der Waals surface area contributed by atoms with E-state index in [1.54, 1.807) is 0 Å². The van der Waals surface area contributed by atoms with Gasteiger partial charge in [0, 0.05) is 19.3 Å². The van der Waals surface area contributed by atoms with Crippen molar-refractivity contribution in [2.24, 2.45) is 5.92 Å². The van der Waals surface area contributed by atoms with Crippen LogP contribution in [0.2, 0.25) is 0 Å². The van der Waals surface area contributed by atoms with Gasteiger partial charge in [-0.25, -0.2) is 4.98 Å². The van der Waals surface area contributed by atoms with Crippen LogP contribution < -0.4 is 10.7 Å². The van der Waals surface area contributed by atoms with Gasteiger partial charge in [-0.15, -0.1) is 0 Å². The minimum Gasteiger partial charge on any atom is -0.327 e.